The first-order valence-corrected chi connectivity index (χ1v) is 6.16. The smallest absolute Gasteiger partial charge is 0.261 e. The number of rotatable bonds is 5. The predicted molar refractivity (Wildman–Crippen MR) is 67.6 cm³/mol. The van der Waals surface area contributed by atoms with E-state index >= 15 is 0 Å². The summed E-state index contributed by atoms with van der Waals surface area (Å²) >= 11 is 6.15. The van der Waals surface area contributed by atoms with Gasteiger partial charge in [0, 0.05) is 6.20 Å². The second-order valence-corrected chi connectivity index (χ2v) is 4.32. The molecule has 0 amide bonds. The molecule has 96 valence electrons. The fourth-order valence-electron chi connectivity index (χ4n) is 1.57. The minimum absolute atomic E-state index is 0.222. The lowest BCUT2D eigenvalue weighted by molar-refractivity contribution is 0.401. The molecule has 0 aliphatic heterocycles. The fraction of sp³-hybridized carbons (Fsp3) is 0.417. The number of ether oxygens (including phenoxy) is 1. The molecule has 0 aliphatic carbocycles. The van der Waals surface area contributed by atoms with E-state index in [1.807, 2.05) is 0 Å². The van der Waals surface area contributed by atoms with Gasteiger partial charge in [0.15, 0.2) is 5.82 Å². The highest BCUT2D eigenvalue weighted by Gasteiger charge is 2.18. The zero-order chi connectivity index (χ0) is 13.0. The van der Waals surface area contributed by atoms with E-state index in [2.05, 4.69) is 22.0 Å². The van der Waals surface area contributed by atoms with E-state index in [9.17, 15) is 0 Å². The van der Waals surface area contributed by atoms with Gasteiger partial charge >= 0.3 is 0 Å². The van der Waals surface area contributed by atoms with E-state index in [4.69, 9.17) is 20.9 Å². The third-order valence-electron chi connectivity index (χ3n) is 2.50. The molecule has 0 aromatic carbocycles. The van der Waals surface area contributed by atoms with Gasteiger partial charge in [-0.2, -0.15) is 4.98 Å². The Morgan fingerprint density at radius 1 is 1.50 bits per heavy atom. The largest absolute Gasteiger partial charge is 0.494 e. The van der Waals surface area contributed by atoms with Crippen LogP contribution in [0.25, 0.3) is 11.5 Å². The molecule has 5 nitrogen and oxygen atoms in total. The Bertz CT molecular complexity index is 516. The molecule has 0 bridgehead atoms. The topological polar surface area (TPSA) is 61.0 Å². The normalized spacial score (nSPS) is 12.4. The monoisotopic (exact) mass is 267 g/mol. The summed E-state index contributed by atoms with van der Waals surface area (Å²) in [6.45, 7) is 2.06. The van der Waals surface area contributed by atoms with Crippen LogP contribution in [0.4, 0.5) is 0 Å². The second kappa shape index (κ2) is 5.82. The average Bonchev–Trinajstić information content (AvgIpc) is 2.88. The first-order chi connectivity index (χ1) is 8.76. The summed E-state index contributed by atoms with van der Waals surface area (Å²) in [5.41, 5.74) is 0.714. The number of alkyl halides is 1. The third kappa shape index (κ3) is 2.61. The molecule has 0 saturated heterocycles. The highest BCUT2D eigenvalue weighted by Crippen LogP contribution is 2.30. The van der Waals surface area contributed by atoms with E-state index in [0.29, 0.717) is 23.0 Å². The molecule has 2 heterocycles. The highest BCUT2D eigenvalue weighted by atomic mass is 35.5. The number of pyridine rings is 1. The average molecular weight is 268 g/mol. The molecule has 1 unspecified atom stereocenters. The second-order valence-electron chi connectivity index (χ2n) is 3.79. The van der Waals surface area contributed by atoms with Gasteiger partial charge in [-0.1, -0.05) is 18.5 Å². The number of aromatic nitrogens is 3. The Labute approximate surface area is 110 Å². The molecule has 0 saturated carbocycles. The minimum Gasteiger partial charge on any atom is -0.494 e. The summed E-state index contributed by atoms with van der Waals surface area (Å²) in [5, 5.41) is 3.67. The maximum Gasteiger partial charge on any atom is 0.261 e. The number of hydrogen-bond donors (Lipinski definition) is 0. The fourth-order valence-corrected chi connectivity index (χ4v) is 1.88. The van der Waals surface area contributed by atoms with Crippen molar-refractivity contribution in [1.29, 1.82) is 0 Å². The van der Waals surface area contributed by atoms with Gasteiger partial charge in [-0.15, -0.1) is 11.6 Å². The molecule has 0 fully saturated rings. The van der Waals surface area contributed by atoms with Gasteiger partial charge < -0.3 is 9.26 Å². The van der Waals surface area contributed by atoms with Crippen molar-refractivity contribution in [3.63, 3.8) is 0 Å². The van der Waals surface area contributed by atoms with E-state index in [1.165, 1.54) is 0 Å². The molecule has 0 aliphatic rings. The van der Waals surface area contributed by atoms with Gasteiger partial charge in [0.25, 0.3) is 5.89 Å². The van der Waals surface area contributed by atoms with Crippen LogP contribution in [0.5, 0.6) is 5.75 Å². The summed E-state index contributed by atoms with van der Waals surface area (Å²) in [6.07, 6.45) is 5.03. The lowest BCUT2D eigenvalue weighted by atomic mass is 10.2. The minimum atomic E-state index is -0.222. The van der Waals surface area contributed by atoms with Crippen molar-refractivity contribution >= 4 is 11.6 Å². The molecule has 2 rings (SSSR count). The number of nitrogens with zero attached hydrogens (tertiary/aromatic N) is 3. The zero-order valence-corrected chi connectivity index (χ0v) is 11.0. The third-order valence-corrected chi connectivity index (χ3v) is 2.91. The summed E-state index contributed by atoms with van der Waals surface area (Å²) in [6, 6.07) is 1.76. The number of hydrogen-bond acceptors (Lipinski definition) is 5. The quantitative estimate of drug-likeness (QED) is 0.779. The Balaban J connectivity index is 2.29. The van der Waals surface area contributed by atoms with Crippen molar-refractivity contribution in [2.24, 2.45) is 0 Å². The molecule has 0 N–H and O–H groups in total. The van der Waals surface area contributed by atoms with Gasteiger partial charge in [0.2, 0.25) is 0 Å². The summed E-state index contributed by atoms with van der Waals surface area (Å²) in [4.78, 5) is 8.26. The molecule has 2 aromatic heterocycles. The highest BCUT2D eigenvalue weighted by molar-refractivity contribution is 6.20. The summed E-state index contributed by atoms with van der Waals surface area (Å²) in [7, 11) is 1.57. The van der Waals surface area contributed by atoms with Crippen LogP contribution in [0.15, 0.2) is 23.0 Å². The van der Waals surface area contributed by atoms with Crippen LogP contribution in [0.1, 0.15) is 31.0 Å². The standard InChI is InChI=1S/C12H14ClN3O2/c1-3-4-9(13)11-15-12(18-16-11)8-5-6-14-7-10(8)17-2/h5-7,9H,3-4H2,1-2H3. The lowest BCUT2D eigenvalue weighted by Gasteiger charge is -2.02. The zero-order valence-electron chi connectivity index (χ0n) is 10.3. The van der Waals surface area contributed by atoms with Crippen LogP contribution >= 0.6 is 11.6 Å². The van der Waals surface area contributed by atoms with Crippen LogP contribution in [0, 0.1) is 0 Å². The number of methoxy groups -OCH3 is 1. The Morgan fingerprint density at radius 2 is 2.33 bits per heavy atom. The summed E-state index contributed by atoms with van der Waals surface area (Å²) in [5.74, 6) is 1.49. The van der Waals surface area contributed by atoms with Gasteiger partial charge in [-0.3, -0.25) is 4.98 Å². The molecule has 18 heavy (non-hydrogen) atoms. The van der Waals surface area contributed by atoms with Crippen molar-refractivity contribution in [2.45, 2.75) is 25.1 Å². The summed E-state index contributed by atoms with van der Waals surface area (Å²) < 4.78 is 10.4. The Morgan fingerprint density at radius 3 is 3.06 bits per heavy atom. The first kappa shape index (κ1) is 12.8. The maximum atomic E-state index is 6.15. The van der Waals surface area contributed by atoms with Crippen molar-refractivity contribution in [1.82, 2.24) is 15.1 Å². The van der Waals surface area contributed by atoms with Crippen LogP contribution in [-0.2, 0) is 0 Å². The van der Waals surface area contributed by atoms with Crippen LogP contribution < -0.4 is 4.74 Å². The molecule has 1 atom stereocenters. The number of halogens is 1. The molecule has 0 radical (unpaired) electrons. The van der Waals surface area contributed by atoms with Gasteiger partial charge in [-0.25, -0.2) is 0 Å². The maximum absolute atomic E-state index is 6.15. The van der Waals surface area contributed by atoms with Crippen LogP contribution in [-0.4, -0.2) is 22.2 Å². The predicted octanol–water partition coefficient (Wildman–Crippen LogP) is 3.22. The Kier molecular flexibility index (Phi) is 4.15. The lowest BCUT2D eigenvalue weighted by Crippen LogP contribution is -1.93. The molecule has 0 spiro atoms. The molecule has 6 heteroatoms. The van der Waals surface area contributed by atoms with E-state index in [1.54, 1.807) is 25.6 Å². The SMILES string of the molecule is CCCC(Cl)c1noc(-c2ccncc2OC)n1. The molecular weight excluding hydrogens is 254 g/mol. The van der Waals surface area contributed by atoms with Gasteiger partial charge in [-0.05, 0) is 12.5 Å². The van der Waals surface area contributed by atoms with E-state index in [0.717, 1.165) is 12.8 Å². The van der Waals surface area contributed by atoms with Gasteiger partial charge in [0.05, 0.1) is 24.2 Å². The van der Waals surface area contributed by atoms with Crippen molar-refractivity contribution < 1.29 is 9.26 Å². The van der Waals surface area contributed by atoms with Crippen molar-refractivity contribution in [3.05, 3.63) is 24.3 Å². The Hall–Kier alpha value is -1.62. The van der Waals surface area contributed by atoms with E-state index in [-0.39, 0.29) is 5.38 Å². The first-order valence-electron chi connectivity index (χ1n) is 5.72. The van der Waals surface area contributed by atoms with Crippen LogP contribution in [0.3, 0.4) is 0 Å². The van der Waals surface area contributed by atoms with Crippen LogP contribution in [0.2, 0.25) is 0 Å². The van der Waals surface area contributed by atoms with Crippen molar-refractivity contribution in [2.75, 3.05) is 7.11 Å². The van der Waals surface area contributed by atoms with Gasteiger partial charge in [0.1, 0.15) is 5.75 Å². The molecule has 2 aromatic rings. The van der Waals surface area contributed by atoms with Crippen molar-refractivity contribution in [3.8, 4) is 17.2 Å². The molecular formula is C12H14ClN3O2. The van der Waals surface area contributed by atoms with E-state index < -0.39 is 0 Å².